The first-order valence-corrected chi connectivity index (χ1v) is 7.66. The van der Waals surface area contributed by atoms with Gasteiger partial charge in [-0.3, -0.25) is 9.69 Å². The molecule has 0 N–H and O–H groups in total. The highest BCUT2D eigenvalue weighted by Gasteiger charge is 2.25. The van der Waals surface area contributed by atoms with E-state index < -0.39 is 0 Å². The Hall–Kier alpha value is -0.870. The number of rotatable bonds is 4. The van der Waals surface area contributed by atoms with Gasteiger partial charge in [0.1, 0.15) is 0 Å². The van der Waals surface area contributed by atoms with Crippen molar-refractivity contribution in [2.45, 2.75) is 25.8 Å². The zero-order valence-electron chi connectivity index (χ0n) is 11.6. The van der Waals surface area contributed by atoms with Gasteiger partial charge >= 0.3 is 0 Å². The van der Waals surface area contributed by atoms with Gasteiger partial charge in [-0.25, -0.2) is 0 Å². The fourth-order valence-corrected chi connectivity index (χ4v) is 3.16. The van der Waals surface area contributed by atoms with Crippen molar-refractivity contribution in [3.05, 3.63) is 34.3 Å². The Balaban J connectivity index is 1.99. The number of halogens is 1. The van der Waals surface area contributed by atoms with Crippen molar-refractivity contribution in [2.75, 3.05) is 26.7 Å². The third-order valence-electron chi connectivity index (χ3n) is 3.81. The van der Waals surface area contributed by atoms with Crippen LogP contribution in [0.2, 0.25) is 0 Å². The molecule has 1 heterocycles. The van der Waals surface area contributed by atoms with Crippen LogP contribution in [0.5, 0.6) is 0 Å². The SMILES string of the molecule is CCN1CCCC1CN(C)C(=O)c1cccc(Br)c1. The van der Waals surface area contributed by atoms with Crippen molar-refractivity contribution in [3.8, 4) is 0 Å². The standard InChI is InChI=1S/C15H21BrN2O/c1-3-18-9-5-8-14(18)11-17(2)15(19)12-6-4-7-13(16)10-12/h4,6-7,10,14H,3,5,8-9,11H2,1-2H3. The van der Waals surface area contributed by atoms with Crippen LogP contribution in [0.1, 0.15) is 30.1 Å². The number of amides is 1. The van der Waals surface area contributed by atoms with Crippen LogP contribution >= 0.6 is 15.9 Å². The van der Waals surface area contributed by atoms with E-state index in [2.05, 4.69) is 27.8 Å². The topological polar surface area (TPSA) is 23.6 Å². The molecule has 0 spiro atoms. The minimum Gasteiger partial charge on any atom is -0.340 e. The third kappa shape index (κ3) is 3.57. The molecule has 0 aliphatic carbocycles. The smallest absolute Gasteiger partial charge is 0.253 e. The fourth-order valence-electron chi connectivity index (χ4n) is 2.76. The summed E-state index contributed by atoms with van der Waals surface area (Å²) in [6.45, 7) is 5.25. The molecule has 1 saturated heterocycles. The van der Waals surface area contributed by atoms with Crippen LogP contribution in [0.25, 0.3) is 0 Å². The van der Waals surface area contributed by atoms with E-state index in [0.717, 1.165) is 23.1 Å². The lowest BCUT2D eigenvalue weighted by atomic mass is 10.1. The number of hydrogen-bond donors (Lipinski definition) is 0. The van der Waals surface area contributed by atoms with E-state index in [1.54, 1.807) is 0 Å². The third-order valence-corrected chi connectivity index (χ3v) is 4.30. The minimum atomic E-state index is 0.101. The van der Waals surface area contributed by atoms with E-state index in [9.17, 15) is 4.79 Å². The Morgan fingerprint density at radius 2 is 2.32 bits per heavy atom. The van der Waals surface area contributed by atoms with Crippen LogP contribution in [-0.2, 0) is 0 Å². The summed E-state index contributed by atoms with van der Waals surface area (Å²) >= 11 is 3.41. The summed E-state index contributed by atoms with van der Waals surface area (Å²) < 4.78 is 0.947. The van der Waals surface area contributed by atoms with Crippen LogP contribution in [-0.4, -0.2) is 48.4 Å². The Kier molecular flexibility index (Phi) is 4.99. The number of benzene rings is 1. The molecule has 0 radical (unpaired) electrons. The molecular weight excluding hydrogens is 304 g/mol. The first-order chi connectivity index (χ1) is 9.11. The summed E-state index contributed by atoms with van der Waals surface area (Å²) in [6.07, 6.45) is 2.45. The predicted octanol–water partition coefficient (Wildman–Crippen LogP) is 3.01. The van der Waals surface area contributed by atoms with E-state index in [4.69, 9.17) is 0 Å². The van der Waals surface area contributed by atoms with Crippen LogP contribution in [0.4, 0.5) is 0 Å². The summed E-state index contributed by atoms with van der Waals surface area (Å²) in [5, 5.41) is 0. The Bertz CT molecular complexity index is 450. The number of carbonyl (C=O) groups is 1. The Morgan fingerprint density at radius 3 is 3.00 bits per heavy atom. The summed E-state index contributed by atoms with van der Waals surface area (Å²) in [6, 6.07) is 8.11. The number of hydrogen-bond acceptors (Lipinski definition) is 2. The van der Waals surface area contributed by atoms with E-state index in [1.807, 2.05) is 36.2 Å². The largest absolute Gasteiger partial charge is 0.340 e. The lowest BCUT2D eigenvalue weighted by molar-refractivity contribution is 0.0754. The molecule has 1 amide bonds. The maximum absolute atomic E-state index is 12.4. The van der Waals surface area contributed by atoms with Gasteiger partial charge in [0.05, 0.1) is 0 Å². The first-order valence-electron chi connectivity index (χ1n) is 6.87. The molecule has 104 valence electrons. The van der Waals surface area contributed by atoms with Gasteiger partial charge in [0.2, 0.25) is 0 Å². The molecular formula is C15H21BrN2O. The van der Waals surface area contributed by atoms with Gasteiger partial charge in [-0.1, -0.05) is 28.9 Å². The lowest BCUT2D eigenvalue weighted by Crippen LogP contribution is -2.41. The molecule has 1 aliphatic rings. The van der Waals surface area contributed by atoms with Gasteiger partial charge in [-0.15, -0.1) is 0 Å². The van der Waals surface area contributed by atoms with Gasteiger partial charge in [-0.2, -0.15) is 0 Å². The normalized spacial score (nSPS) is 19.6. The van der Waals surface area contributed by atoms with Gasteiger partial charge in [0, 0.05) is 29.7 Å². The average molecular weight is 325 g/mol. The molecule has 1 unspecified atom stereocenters. The highest BCUT2D eigenvalue weighted by Crippen LogP contribution is 2.19. The minimum absolute atomic E-state index is 0.101. The van der Waals surface area contributed by atoms with E-state index in [0.29, 0.717) is 6.04 Å². The maximum atomic E-state index is 12.4. The molecule has 1 aromatic rings. The molecule has 1 aromatic carbocycles. The fraction of sp³-hybridized carbons (Fsp3) is 0.533. The zero-order valence-corrected chi connectivity index (χ0v) is 13.2. The zero-order chi connectivity index (χ0) is 13.8. The molecule has 3 nitrogen and oxygen atoms in total. The van der Waals surface area contributed by atoms with Gasteiger partial charge in [0.25, 0.3) is 5.91 Å². The van der Waals surface area contributed by atoms with Crippen molar-refractivity contribution in [1.29, 1.82) is 0 Å². The van der Waals surface area contributed by atoms with E-state index in [1.165, 1.54) is 19.4 Å². The summed E-state index contributed by atoms with van der Waals surface area (Å²) in [7, 11) is 1.90. The summed E-state index contributed by atoms with van der Waals surface area (Å²) in [5.41, 5.74) is 0.748. The second kappa shape index (κ2) is 6.53. The molecule has 0 bridgehead atoms. The number of likely N-dealkylation sites (N-methyl/N-ethyl adjacent to an activating group) is 2. The quantitative estimate of drug-likeness (QED) is 0.850. The summed E-state index contributed by atoms with van der Waals surface area (Å²) in [5.74, 6) is 0.101. The van der Waals surface area contributed by atoms with Crippen LogP contribution < -0.4 is 0 Å². The maximum Gasteiger partial charge on any atom is 0.253 e. The van der Waals surface area contributed by atoms with Crippen molar-refractivity contribution < 1.29 is 4.79 Å². The van der Waals surface area contributed by atoms with E-state index in [-0.39, 0.29) is 5.91 Å². The molecule has 1 fully saturated rings. The van der Waals surface area contributed by atoms with Crippen molar-refractivity contribution >= 4 is 21.8 Å². The Morgan fingerprint density at radius 1 is 1.53 bits per heavy atom. The van der Waals surface area contributed by atoms with Gasteiger partial charge in [0.15, 0.2) is 0 Å². The van der Waals surface area contributed by atoms with Gasteiger partial charge < -0.3 is 4.90 Å². The van der Waals surface area contributed by atoms with Crippen molar-refractivity contribution in [2.24, 2.45) is 0 Å². The van der Waals surface area contributed by atoms with Gasteiger partial charge in [-0.05, 0) is 44.1 Å². The monoisotopic (exact) mass is 324 g/mol. The number of nitrogens with zero attached hydrogens (tertiary/aromatic N) is 2. The van der Waals surface area contributed by atoms with Crippen LogP contribution in [0.15, 0.2) is 28.7 Å². The van der Waals surface area contributed by atoms with Crippen molar-refractivity contribution in [1.82, 2.24) is 9.80 Å². The van der Waals surface area contributed by atoms with Crippen LogP contribution in [0, 0.1) is 0 Å². The van der Waals surface area contributed by atoms with Crippen LogP contribution in [0.3, 0.4) is 0 Å². The molecule has 1 aliphatic heterocycles. The molecule has 0 aromatic heterocycles. The number of likely N-dealkylation sites (tertiary alicyclic amines) is 1. The first kappa shape index (κ1) is 14.5. The highest BCUT2D eigenvalue weighted by molar-refractivity contribution is 9.10. The molecule has 2 rings (SSSR count). The molecule has 4 heteroatoms. The predicted molar refractivity (Wildman–Crippen MR) is 81.4 cm³/mol. The Labute approximate surface area is 123 Å². The average Bonchev–Trinajstić information content (AvgIpc) is 2.85. The molecule has 0 saturated carbocycles. The van der Waals surface area contributed by atoms with Crippen molar-refractivity contribution in [3.63, 3.8) is 0 Å². The number of carbonyl (C=O) groups excluding carboxylic acids is 1. The lowest BCUT2D eigenvalue weighted by Gasteiger charge is -2.27. The molecule has 1 atom stereocenters. The second-order valence-electron chi connectivity index (χ2n) is 5.12. The van der Waals surface area contributed by atoms with E-state index >= 15 is 0 Å². The molecule has 19 heavy (non-hydrogen) atoms. The summed E-state index contributed by atoms with van der Waals surface area (Å²) in [4.78, 5) is 16.7. The second-order valence-corrected chi connectivity index (χ2v) is 6.04. The highest BCUT2D eigenvalue weighted by atomic mass is 79.9.